The van der Waals surface area contributed by atoms with Gasteiger partial charge >= 0.3 is 0 Å². The van der Waals surface area contributed by atoms with Crippen molar-refractivity contribution in [3.05, 3.63) is 59.0 Å². The second-order valence-electron chi connectivity index (χ2n) is 7.56. The van der Waals surface area contributed by atoms with E-state index in [2.05, 4.69) is 34.6 Å². The normalized spacial score (nSPS) is 19.2. The molecule has 0 bridgehead atoms. The Bertz CT molecular complexity index is 1130. The third-order valence-electron chi connectivity index (χ3n) is 5.66. The van der Waals surface area contributed by atoms with Gasteiger partial charge in [0.1, 0.15) is 15.7 Å². The van der Waals surface area contributed by atoms with Gasteiger partial charge in [-0.3, -0.25) is 9.78 Å². The fourth-order valence-electron chi connectivity index (χ4n) is 4.18. The molecule has 1 aromatic carbocycles. The topological polar surface area (TPSA) is 55.1 Å². The highest BCUT2D eigenvalue weighted by Gasteiger charge is 2.23. The Hall–Kier alpha value is -2.44. The summed E-state index contributed by atoms with van der Waals surface area (Å²) in [4.78, 5) is 16.8. The number of benzene rings is 1. The van der Waals surface area contributed by atoms with E-state index in [9.17, 15) is 4.79 Å². The number of thiocarbonyl (C=S) groups is 1. The van der Waals surface area contributed by atoms with Gasteiger partial charge in [0.05, 0.1) is 4.91 Å². The lowest BCUT2D eigenvalue weighted by Crippen LogP contribution is -2.17. The minimum Gasteiger partial charge on any atom is -0.456 e. The highest BCUT2D eigenvalue weighted by atomic mass is 32.2. The van der Waals surface area contributed by atoms with Crippen LogP contribution in [-0.4, -0.2) is 15.2 Å². The van der Waals surface area contributed by atoms with Crippen molar-refractivity contribution in [3.8, 4) is 11.1 Å². The van der Waals surface area contributed by atoms with E-state index < -0.39 is 0 Å². The molecule has 3 heterocycles. The molecule has 4 nitrogen and oxygen atoms in total. The van der Waals surface area contributed by atoms with Crippen molar-refractivity contribution >= 4 is 51.3 Å². The van der Waals surface area contributed by atoms with Gasteiger partial charge < -0.3 is 9.73 Å². The van der Waals surface area contributed by atoms with Crippen LogP contribution in [0.3, 0.4) is 0 Å². The maximum Gasteiger partial charge on any atom is 0.263 e. The van der Waals surface area contributed by atoms with Crippen LogP contribution in [0, 0.1) is 0 Å². The molecule has 1 aliphatic carbocycles. The largest absolute Gasteiger partial charge is 0.456 e. The molecule has 5 rings (SSSR count). The van der Waals surface area contributed by atoms with E-state index in [1.54, 1.807) is 12.3 Å². The molecular formula is C23H20N2O2S2. The average molecular weight is 421 g/mol. The molecular weight excluding hydrogens is 400 g/mol. The van der Waals surface area contributed by atoms with Gasteiger partial charge in [0.25, 0.3) is 5.91 Å². The molecule has 29 heavy (non-hydrogen) atoms. The summed E-state index contributed by atoms with van der Waals surface area (Å²) in [5.74, 6) is 1.13. The van der Waals surface area contributed by atoms with Crippen molar-refractivity contribution in [1.82, 2.24) is 10.3 Å². The van der Waals surface area contributed by atoms with E-state index in [0.29, 0.717) is 20.9 Å². The Kier molecular flexibility index (Phi) is 4.97. The number of hydrogen-bond acceptors (Lipinski definition) is 5. The first-order valence-corrected chi connectivity index (χ1v) is 11.1. The molecule has 0 unspecified atom stereocenters. The third kappa shape index (κ3) is 3.74. The van der Waals surface area contributed by atoms with Gasteiger partial charge in [-0.05, 0) is 36.0 Å². The first kappa shape index (κ1) is 18.6. The first-order valence-electron chi connectivity index (χ1n) is 9.90. The molecule has 2 fully saturated rings. The summed E-state index contributed by atoms with van der Waals surface area (Å²) in [6.07, 6.45) is 12.0. The van der Waals surface area contributed by atoms with Crippen molar-refractivity contribution in [2.75, 3.05) is 0 Å². The monoisotopic (exact) mass is 420 g/mol. The van der Waals surface area contributed by atoms with Gasteiger partial charge in [-0.15, -0.1) is 0 Å². The number of furan rings is 1. The van der Waals surface area contributed by atoms with Crippen molar-refractivity contribution in [2.24, 2.45) is 0 Å². The van der Waals surface area contributed by atoms with E-state index in [4.69, 9.17) is 16.6 Å². The van der Waals surface area contributed by atoms with Gasteiger partial charge in [0.2, 0.25) is 0 Å². The van der Waals surface area contributed by atoms with Crippen LogP contribution in [0.4, 0.5) is 0 Å². The summed E-state index contributed by atoms with van der Waals surface area (Å²) in [6.45, 7) is 0. The van der Waals surface area contributed by atoms with Crippen LogP contribution in [0.2, 0.25) is 0 Å². The third-order valence-corrected chi connectivity index (χ3v) is 6.82. The number of amides is 1. The van der Waals surface area contributed by atoms with Crippen LogP contribution < -0.4 is 5.32 Å². The molecule has 0 spiro atoms. The number of thioether (sulfide) groups is 1. The SMILES string of the molecule is O=C1NC(=S)S/C1=C/c1cc2cncc(-c3ccc(C4CCCCC4)cc3)c2o1. The predicted octanol–water partition coefficient (Wildman–Crippen LogP) is 6.03. The second-order valence-corrected chi connectivity index (χ2v) is 9.28. The fourth-order valence-corrected chi connectivity index (χ4v) is 5.20. The van der Waals surface area contributed by atoms with Crippen molar-refractivity contribution in [3.63, 3.8) is 0 Å². The molecule has 0 atom stereocenters. The average Bonchev–Trinajstić information content (AvgIpc) is 3.30. The number of nitrogens with zero attached hydrogens (tertiary/aromatic N) is 1. The van der Waals surface area contributed by atoms with Gasteiger partial charge in [-0.1, -0.05) is 67.5 Å². The minimum atomic E-state index is -0.183. The van der Waals surface area contributed by atoms with Gasteiger partial charge in [0.15, 0.2) is 0 Å². The van der Waals surface area contributed by atoms with Crippen LogP contribution in [0.25, 0.3) is 28.2 Å². The molecule has 1 saturated carbocycles. The van der Waals surface area contributed by atoms with Crippen molar-refractivity contribution < 1.29 is 9.21 Å². The number of rotatable bonds is 3. The van der Waals surface area contributed by atoms with E-state index in [-0.39, 0.29) is 5.91 Å². The lowest BCUT2D eigenvalue weighted by atomic mass is 9.84. The Labute approximate surface area is 178 Å². The fraction of sp³-hybridized carbons (Fsp3) is 0.261. The summed E-state index contributed by atoms with van der Waals surface area (Å²) >= 11 is 6.30. The smallest absolute Gasteiger partial charge is 0.263 e. The lowest BCUT2D eigenvalue weighted by Gasteiger charge is -2.22. The van der Waals surface area contributed by atoms with E-state index in [1.807, 2.05) is 12.3 Å². The molecule has 1 aliphatic heterocycles. The number of fused-ring (bicyclic) bond motifs is 1. The number of pyridine rings is 1. The van der Waals surface area contributed by atoms with Crippen molar-refractivity contribution in [1.29, 1.82) is 0 Å². The molecule has 6 heteroatoms. The summed E-state index contributed by atoms with van der Waals surface area (Å²) in [5, 5.41) is 3.54. The minimum absolute atomic E-state index is 0.183. The van der Waals surface area contributed by atoms with Crippen LogP contribution >= 0.6 is 24.0 Å². The standard InChI is InChI=1S/C23H20N2O2S2/c26-22-20(29-23(28)25-22)11-18-10-17-12-24-13-19(21(17)27-18)16-8-6-15(7-9-16)14-4-2-1-3-5-14/h6-14H,1-5H2,(H,25,26,28)/b20-11+. The summed E-state index contributed by atoms with van der Waals surface area (Å²) < 4.78 is 6.56. The lowest BCUT2D eigenvalue weighted by molar-refractivity contribution is -0.115. The quantitative estimate of drug-likeness (QED) is 0.414. The van der Waals surface area contributed by atoms with E-state index in [1.165, 1.54) is 49.4 Å². The highest BCUT2D eigenvalue weighted by molar-refractivity contribution is 8.26. The molecule has 0 radical (unpaired) electrons. The molecule has 1 amide bonds. The zero-order chi connectivity index (χ0) is 19.8. The Balaban J connectivity index is 1.47. The number of aromatic nitrogens is 1. The van der Waals surface area contributed by atoms with Gasteiger partial charge in [-0.2, -0.15) is 0 Å². The van der Waals surface area contributed by atoms with Crippen LogP contribution in [-0.2, 0) is 4.79 Å². The van der Waals surface area contributed by atoms with Gasteiger partial charge in [-0.25, -0.2) is 0 Å². The number of carbonyl (C=O) groups is 1. The predicted molar refractivity (Wildman–Crippen MR) is 122 cm³/mol. The first-order chi connectivity index (χ1) is 14.2. The number of nitrogens with one attached hydrogen (secondary N) is 1. The Morgan fingerprint density at radius 1 is 1.14 bits per heavy atom. The van der Waals surface area contributed by atoms with E-state index in [0.717, 1.165) is 22.1 Å². The summed E-state index contributed by atoms with van der Waals surface area (Å²) in [7, 11) is 0. The van der Waals surface area contributed by atoms with Crippen LogP contribution in [0.5, 0.6) is 0 Å². The molecule has 3 aromatic rings. The maximum atomic E-state index is 11.9. The molecule has 2 aliphatic rings. The highest BCUT2D eigenvalue weighted by Crippen LogP contribution is 2.36. The van der Waals surface area contributed by atoms with E-state index >= 15 is 0 Å². The maximum absolute atomic E-state index is 11.9. The molecule has 146 valence electrons. The number of carbonyl (C=O) groups excluding carboxylic acids is 1. The zero-order valence-electron chi connectivity index (χ0n) is 15.8. The second kappa shape index (κ2) is 7.76. The summed E-state index contributed by atoms with van der Waals surface area (Å²) in [5.41, 5.74) is 4.26. The Morgan fingerprint density at radius 3 is 2.66 bits per heavy atom. The molecule has 2 aromatic heterocycles. The summed E-state index contributed by atoms with van der Waals surface area (Å²) in [6, 6.07) is 10.7. The zero-order valence-corrected chi connectivity index (χ0v) is 17.4. The Morgan fingerprint density at radius 2 is 1.93 bits per heavy atom. The van der Waals surface area contributed by atoms with Crippen LogP contribution in [0.1, 0.15) is 49.3 Å². The molecule has 1 N–H and O–H groups in total. The molecule has 1 saturated heterocycles. The number of hydrogen-bond donors (Lipinski definition) is 1. The van der Waals surface area contributed by atoms with Gasteiger partial charge in [0, 0.05) is 29.4 Å². The van der Waals surface area contributed by atoms with Crippen molar-refractivity contribution in [2.45, 2.75) is 38.0 Å². The van der Waals surface area contributed by atoms with Crippen LogP contribution in [0.15, 0.2) is 52.0 Å².